The third-order valence-electron chi connectivity index (χ3n) is 2.46. The van der Waals surface area contributed by atoms with Crippen molar-refractivity contribution in [3.8, 4) is 0 Å². The zero-order valence-corrected chi connectivity index (χ0v) is 9.21. The minimum Gasteiger partial charge on any atom is -0.472 e. The fourth-order valence-electron chi connectivity index (χ4n) is 1.59. The Morgan fingerprint density at radius 1 is 1.38 bits per heavy atom. The molecule has 0 aromatic heterocycles. The molecule has 0 fully saturated rings. The Kier molecular flexibility index (Phi) is 2.90. The number of hydrogen-bond donors (Lipinski definition) is 0. The van der Waals surface area contributed by atoms with Crippen LogP contribution in [0.2, 0.25) is 0 Å². The van der Waals surface area contributed by atoms with Gasteiger partial charge in [0.05, 0.1) is 7.11 Å². The van der Waals surface area contributed by atoms with E-state index in [0.29, 0.717) is 5.90 Å². The maximum Gasteiger partial charge on any atom is 0.334 e. The largest absolute Gasteiger partial charge is 0.472 e. The van der Waals surface area contributed by atoms with E-state index in [9.17, 15) is 4.79 Å². The summed E-state index contributed by atoms with van der Waals surface area (Å²) in [6.45, 7) is 1.81. The van der Waals surface area contributed by atoms with Gasteiger partial charge in [-0.25, -0.2) is 9.79 Å². The van der Waals surface area contributed by atoms with E-state index >= 15 is 0 Å². The van der Waals surface area contributed by atoms with E-state index in [1.165, 1.54) is 7.11 Å². The molecule has 1 aromatic rings. The molecule has 1 aromatic carbocycles. The molecule has 2 rings (SSSR count). The highest BCUT2D eigenvalue weighted by molar-refractivity contribution is 5.97. The average molecular weight is 219 g/mol. The van der Waals surface area contributed by atoms with Gasteiger partial charge in [0, 0.05) is 5.56 Å². The van der Waals surface area contributed by atoms with Crippen LogP contribution in [-0.2, 0) is 14.3 Å². The van der Waals surface area contributed by atoms with Gasteiger partial charge in [0.2, 0.25) is 5.90 Å². The van der Waals surface area contributed by atoms with Gasteiger partial charge in [-0.1, -0.05) is 18.2 Å². The molecule has 2 unspecified atom stereocenters. The van der Waals surface area contributed by atoms with Crippen molar-refractivity contribution >= 4 is 11.9 Å². The van der Waals surface area contributed by atoms with Gasteiger partial charge >= 0.3 is 5.97 Å². The standard InChI is InChI=1S/C12H13NO3/c1-8-10(12(14)15-2)13-11(16-8)9-6-4-3-5-7-9/h3-8,10H,1-2H3. The van der Waals surface area contributed by atoms with Crippen LogP contribution in [0.25, 0.3) is 0 Å². The molecule has 0 spiro atoms. The Morgan fingerprint density at radius 3 is 2.69 bits per heavy atom. The normalized spacial score (nSPS) is 23.5. The summed E-state index contributed by atoms with van der Waals surface area (Å²) in [5, 5.41) is 0. The zero-order chi connectivity index (χ0) is 11.5. The SMILES string of the molecule is COC(=O)C1N=C(c2ccccc2)OC1C. The first-order valence-electron chi connectivity index (χ1n) is 5.10. The van der Waals surface area contributed by atoms with Crippen LogP contribution in [0.4, 0.5) is 0 Å². The number of esters is 1. The summed E-state index contributed by atoms with van der Waals surface area (Å²) >= 11 is 0. The molecule has 0 saturated carbocycles. The van der Waals surface area contributed by atoms with Crippen LogP contribution in [0.15, 0.2) is 35.3 Å². The summed E-state index contributed by atoms with van der Waals surface area (Å²) in [6.07, 6.45) is -0.275. The van der Waals surface area contributed by atoms with Gasteiger partial charge in [0.25, 0.3) is 0 Å². The number of carbonyl (C=O) groups excluding carboxylic acids is 1. The predicted molar refractivity (Wildman–Crippen MR) is 59.3 cm³/mol. The van der Waals surface area contributed by atoms with Gasteiger partial charge in [-0.15, -0.1) is 0 Å². The fraction of sp³-hybridized carbons (Fsp3) is 0.333. The van der Waals surface area contributed by atoms with Gasteiger partial charge in [-0.3, -0.25) is 0 Å². The van der Waals surface area contributed by atoms with Gasteiger partial charge in [-0.05, 0) is 19.1 Å². The molecule has 0 aliphatic carbocycles. The molecule has 0 saturated heterocycles. The van der Waals surface area contributed by atoms with Crippen LogP contribution in [0.1, 0.15) is 12.5 Å². The minimum absolute atomic E-state index is 0.275. The van der Waals surface area contributed by atoms with Crippen LogP contribution < -0.4 is 0 Å². The van der Waals surface area contributed by atoms with Crippen molar-refractivity contribution < 1.29 is 14.3 Å². The zero-order valence-electron chi connectivity index (χ0n) is 9.21. The molecule has 0 radical (unpaired) electrons. The highest BCUT2D eigenvalue weighted by Gasteiger charge is 2.34. The molecule has 1 heterocycles. The number of benzene rings is 1. The van der Waals surface area contributed by atoms with E-state index in [2.05, 4.69) is 9.73 Å². The second-order valence-electron chi connectivity index (χ2n) is 3.59. The third kappa shape index (κ3) is 1.91. The maximum absolute atomic E-state index is 11.4. The lowest BCUT2D eigenvalue weighted by Crippen LogP contribution is -2.28. The van der Waals surface area contributed by atoms with Crippen LogP contribution >= 0.6 is 0 Å². The van der Waals surface area contributed by atoms with Crippen molar-refractivity contribution in [1.29, 1.82) is 0 Å². The Bertz CT molecular complexity index is 414. The first-order chi connectivity index (χ1) is 7.72. The molecular formula is C12H13NO3. The number of rotatable bonds is 2. The molecule has 1 aliphatic rings. The second-order valence-corrected chi connectivity index (χ2v) is 3.59. The van der Waals surface area contributed by atoms with E-state index in [1.807, 2.05) is 30.3 Å². The van der Waals surface area contributed by atoms with Gasteiger partial charge in [-0.2, -0.15) is 0 Å². The van der Waals surface area contributed by atoms with Crippen LogP contribution in [-0.4, -0.2) is 31.1 Å². The summed E-state index contributed by atoms with van der Waals surface area (Å²) in [4.78, 5) is 15.6. The molecule has 0 amide bonds. The van der Waals surface area contributed by atoms with E-state index in [0.717, 1.165) is 5.56 Å². The van der Waals surface area contributed by atoms with Crippen molar-refractivity contribution in [1.82, 2.24) is 0 Å². The monoisotopic (exact) mass is 219 g/mol. The first-order valence-corrected chi connectivity index (χ1v) is 5.10. The molecule has 16 heavy (non-hydrogen) atoms. The second kappa shape index (κ2) is 4.35. The van der Waals surface area contributed by atoms with E-state index in [4.69, 9.17) is 4.74 Å². The molecular weight excluding hydrogens is 206 g/mol. The summed E-state index contributed by atoms with van der Waals surface area (Å²) < 4.78 is 10.2. The van der Waals surface area contributed by atoms with Crippen LogP contribution in [0, 0.1) is 0 Å². The number of methoxy groups -OCH3 is 1. The van der Waals surface area contributed by atoms with Crippen molar-refractivity contribution in [2.75, 3.05) is 7.11 Å². The van der Waals surface area contributed by atoms with E-state index < -0.39 is 6.04 Å². The quantitative estimate of drug-likeness (QED) is 0.706. The smallest absolute Gasteiger partial charge is 0.334 e. The molecule has 0 bridgehead atoms. The number of nitrogens with zero attached hydrogens (tertiary/aromatic N) is 1. The summed E-state index contributed by atoms with van der Waals surface area (Å²) in [7, 11) is 1.35. The molecule has 2 atom stereocenters. The van der Waals surface area contributed by atoms with Gasteiger partial charge < -0.3 is 9.47 Å². The van der Waals surface area contributed by atoms with Gasteiger partial charge in [0.15, 0.2) is 6.04 Å². The first kappa shape index (κ1) is 10.7. The third-order valence-corrected chi connectivity index (χ3v) is 2.46. The topological polar surface area (TPSA) is 47.9 Å². The number of aliphatic imine (C=N–C) groups is 1. The maximum atomic E-state index is 11.4. The Morgan fingerprint density at radius 2 is 2.06 bits per heavy atom. The summed E-state index contributed by atoms with van der Waals surface area (Å²) in [5.74, 6) is 0.141. The van der Waals surface area contributed by atoms with Crippen LogP contribution in [0.3, 0.4) is 0 Å². The number of ether oxygens (including phenoxy) is 2. The predicted octanol–water partition coefficient (Wildman–Crippen LogP) is 1.39. The fourth-order valence-corrected chi connectivity index (χ4v) is 1.59. The van der Waals surface area contributed by atoms with Crippen molar-refractivity contribution in [3.05, 3.63) is 35.9 Å². The lowest BCUT2D eigenvalue weighted by atomic mass is 10.2. The highest BCUT2D eigenvalue weighted by atomic mass is 16.5. The number of carbonyl (C=O) groups is 1. The highest BCUT2D eigenvalue weighted by Crippen LogP contribution is 2.18. The summed E-state index contributed by atoms with van der Waals surface area (Å²) in [6, 6.07) is 8.95. The Labute approximate surface area is 93.9 Å². The van der Waals surface area contributed by atoms with Crippen molar-refractivity contribution in [2.45, 2.75) is 19.1 Å². The van der Waals surface area contributed by atoms with Crippen molar-refractivity contribution in [2.24, 2.45) is 4.99 Å². The minimum atomic E-state index is -0.555. The Balaban J connectivity index is 2.23. The van der Waals surface area contributed by atoms with Crippen molar-refractivity contribution in [3.63, 3.8) is 0 Å². The van der Waals surface area contributed by atoms with E-state index in [-0.39, 0.29) is 12.1 Å². The Hall–Kier alpha value is -1.84. The van der Waals surface area contributed by atoms with Crippen LogP contribution in [0.5, 0.6) is 0 Å². The summed E-state index contributed by atoms with van der Waals surface area (Å²) in [5.41, 5.74) is 0.876. The molecule has 1 aliphatic heterocycles. The number of hydrogen-bond acceptors (Lipinski definition) is 4. The lowest BCUT2D eigenvalue weighted by Gasteiger charge is -2.09. The van der Waals surface area contributed by atoms with Gasteiger partial charge in [0.1, 0.15) is 6.10 Å². The van der Waals surface area contributed by atoms with E-state index in [1.54, 1.807) is 6.92 Å². The lowest BCUT2D eigenvalue weighted by molar-refractivity contribution is -0.143. The molecule has 0 N–H and O–H groups in total. The molecule has 4 heteroatoms. The molecule has 4 nitrogen and oxygen atoms in total. The molecule has 84 valence electrons. The average Bonchev–Trinajstić information content (AvgIpc) is 2.71.